The highest BCUT2D eigenvalue weighted by molar-refractivity contribution is 9.10. The van der Waals surface area contributed by atoms with Crippen molar-refractivity contribution >= 4 is 66.0 Å². The monoisotopic (exact) mass is 526 g/mol. The number of hydrogen-bond acceptors (Lipinski definition) is 2. The average molecular weight is 528 g/mol. The van der Waals surface area contributed by atoms with Gasteiger partial charge in [0.05, 0.1) is 0 Å². The summed E-state index contributed by atoms with van der Waals surface area (Å²) in [6.45, 7) is 0. The van der Waals surface area contributed by atoms with E-state index in [4.69, 9.17) is 0 Å². The molecule has 0 atom stereocenters. The first kappa shape index (κ1) is 19.6. The van der Waals surface area contributed by atoms with Crippen molar-refractivity contribution in [1.29, 1.82) is 0 Å². The van der Waals surface area contributed by atoms with Crippen molar-refractivity contribution in [3.8, 4) is 16.9 Å². The van der Waals surface area contributed by atoms with E-state index in [1.165, 1.54) is 6.07 Å². The summed E-state index contributed by atoms with van der Waals surface area (Å²) in [5, 5.41) is 3.11. The number of fused-ring (bicyclic) bond motifs is 2. The number of thiol groups is 1. The van der Waals surface area contributed by atoms with Gasteiger partial charge < -0.3 is 4.74 Å². The van der Waals surface area contributed by atoms with Crippen molar-refractivity contribution < 1.29 is 17.9 Å². The molecule has 0 spiro atoms. The summed E-state index contributed by atoms with van der Waals surface area (Å²) < 4.78 is 45.5. The van der Waals surface area contributed by atoms with Crippen LogP contribution >= 0.6 is 44.5 Å². The summed E-state index contributed by atoms with van der Waals surface area (Å²) in [6, 6.07) is 17.7. The van der Waals surface area contributed by atoms with Gasteiger partial charge >= 0.3 is 6.36 Å². The Morgan fingerprint density at radius 2 is 1.25 bits per heavy atom. The quantitative estimate of drug-likeness (QED) is 0.257. The summed E-state index contributed by atoms with van der Waals surface area (Å²) in [5.41, 5.74) is 0.959. The molecule has 4 aromatic rings. The molecule has 1 nitrogen and oxygen atoms in total. The van der Waals surface area contributed by atoms with Gasteiger partial charge in [0, 0.05) is 25.0 Å². The number of ether oxygens (including phenoxy) is 1. The summed E-state index contributed by atoms with van der Waals surface area (Å²) in [4.78, 5) is 0.567. The van der Waals surface area contributed by atoms with Crippen LogP contribution in [0.25, 0.3) is 32.7 Å². The summed E-state index contributed by atoms with van der Waals surface area (Å²) in [7, 11) is 0. The molecule has 0 aliphatic heterocycles. The van der Waals surface area contributed by atoms with E-state index >= 15 is 0 Å². The van der Waals surface area contributed by atoms with Crippen molar-refractivity contribution in [2.75, 3.05) is 0 Å². The molecule has 0 saturated carbocycles. The lowest BCUT2D eigenvalue weighted by atomic mass is 9.93. The normalized spacial score (nSPS) is 11.9. The van der Waals surface area contributed by atoms with E-state index in [9.17, 15) is 13.2 Å². The highest BCUT2D eigenvalue weighted by Crippen LogP contribution is 2.45. The number of benzene rings is 4. The van der Waals surface area contributed by atoms with Crippen LogP contribution in [0, 0.1) is 0 Å². The number of rotatable bonds is 2. The SMILES string of the molecule is FC(F)(F)Oc1ccc2cc(Br)ccc2c1-c1c(S)ccc2cc(Br)ccc12. The number of halogens is 5. The molecule has 0 heterocycles. The fraction of sp³-hybridized carbons (Fsp3) is 0.0476. The summed E-state index contributed by atoms with van der Waals surface area (Å²) in [5.74, 6) is -0.256. The fourth-order valence-electron chi connectivity index (χ4n) is 3.30. The Kier molecular flexibility index (Phi) is 5.10. The van der Waals surface area contributed by atoms with Crippen LogP contribution in [0.3, 0.4) is 0 Å². The third kappa shape index (κ3) is 3.75. The lowest BCUT2D eigenvalue weighted by Gasteiger charge is -2.19. The van der Waals surface area contributed by atoms with Crippen LogP contribution in [0.2, 0.25) is 0 Å². The number of hydrogen-bond donors (Lipinski definition) is 1. The van der Waals surface area contributed by atoms with Gasteiger partial charge in [-0.05, 0) is 57.9 Å². The maximum absolute atomic E-state index is 13.1. The molecule has 0 unspecified atom stereocenters. The maximum Gasteiger partial charge on any atom is 0.573 e. The zero-order valence-corrected chi connectivity index (χ0v) is 18.1. The molecule has 142 valence electrons. The van der Waals surface area contributed by atoms with Crippen molar-refractivity contribution in [2.45, 2.75) is 11.3 Å². The molecule has 0 saturated heterocycles. The van der Waals surface area contributed by atoms with Gasteiger partial charge in [-0.1, -0.05) is 56.1 Å². The van der Waals surface area contributed by atoms with Crippen molar-refractivity contribution in [1.82, 2.24) is 0 Å². The molecule has 28 heavy (non-hydrogen) atoms. The van der Waals surface area contributed by atoms with Gasteiger partial charge in [-0.15, -0.1) is 25.8 Å². The lowest BCUT2D eigenvalue weighted by molar-refractivity contribution is -0.274. The minimum absolute atomic E-state index is 0.256. The Bertz CT molecular complexity index is 1220. The minimum Gasteiger partial charge on any atom is -0.405 e. The second-order valence-electron chi connectivity index (χ2n) is 6.18. The van der Waals surface area contributed by atoms with Crippen LogP contribution in [-0.4, -0.2) is 6.36 Å². The van der Waals surface area contributed by atoms with Gasteiger partial charge in [0.1, 0.15) is 5.75 Å². The number of alkyl halides is 3. The van der Waals surface area contributed by atoms with Crippen molar-refractivity contribution in [2.24, 2.45) is 0 Å². The molecule has 7 heteroatoms. The Labute approximate surface area is 181 Å². The zero-order valence-electron chi connectivity index (χ0n) is 14.0. The maximum atomic E-state index is 13.1. The molecule has 0 bridgehead atoms. The molecule has 0 aliphatic carbocycles. The molecule has 0 fully saturated rings. The fourth-order valence-corrected chi connectivity index (χ4v) is 4.36. The van der Waals surface area contributed by atoms with E-state index in [0.717, 1.165) is 25.1 Å². The molecule has 0 aromatic heterocycles. The smallest absolute Gasteiger partial charge is 0.405 e. The van der Waals surface area contributed by atoms with Crippen LogP contribution in [0.5, 0.6) is 5.75 Å². The van der Waals surface area contributed by atoms with E-state index < -0.39 is 6.36 Å². The average Bonchev–Trinajstić information content (AvgIpc) is 2.61. The Balaban J connectivity index is 2.14. The van der Waals surface area contributed by atoms with Gasteiger partial charge in [-0.3, -0.25) is 0 Å². The van der Waals surface area contributed by atoms with Crippen molar-refractivity contribution in [3.63, 3.8) is 0 Å². The molecule has 0 aliphatic rings. The zero-order chi connectivity index (χ0) is 20.1. The summed E-state index contributed by atoms with van der Waals surface area (Å²) >= 11 is 11.4. The molecular weight excluding hydrogens is 517 g/mol. The van der Waals surface area contributed by atoms with Crippen LogP contribution in [0.4, 0.5) is 13.2 Å². The predicted octanol–water partition coefficient (Wildman–Crippen LogP) is 8.37. The van der Waals surface area contributed by atoms with Crippen LogP contribution in [0.15, 0.2) is 74.5 Å². The van der Waals surface area contributed by atoms with Crippen LogP contribution < -0.4 is 4.74 Å². The topological polar surface area (TPSA) is 9.23 Å². The van der Waals surface area contributed by atoms with E-state index in [1.807, 2.05) is 30.3 Å². The van der Waals surface area contributed by atoms with E-state index in [0.29, 0.717) is 21.4 Å². The van der Waals surface area contributed by atoms with Crippen LogP contribution in [0.1, 0.15) is 0 Å². The Morgan fingerprint density at radius 1 is 0.714 bits per heavy atom. The van der Waals surface area contributed by atoms with Gasteiger partial charge in [0.25, 0.3) is 0 Å². The lowest BCUT2D eigenvalue weighted by Crippen LogP contribution is -2.17. The molecule has 4 rings (SSSR count). The first-order valence-electron chi connectivity index (χ1n) is 8.12. The van der Waals surface area contributed by atoms with Crippen LogP contribution in [-0.2, 0) is 0 Å². The van der Waals surface area contributed by atoms with Gasteiger partial charge in [-0.2, -0.15) is 0 Å². The van der Waals surface area contributed by atoms with Gasteiger partial charge in [0.2, 0.25) is 0 Å². The van der Waals surface area contributed by atoms with E-state index in [2.05, 4.69) is 49.2 Å². The van der Waals surface area contributed by atoms with E-state index in [1.54, 1.807) is 24.3 Å². The molecular formula is C21H11Br2F3OS. The standard InChI is InChI=1S/C21H11Br2F3OS/c22-13-3-5-15-11(9-13)1-7-17(27-21(24,25)26)19(15)20-16-6-4-14(23)10-12(16)2-8-18(20)28/h1-10,28H. The van der Waals surface area contributed by atoms with E-state index in [-0.39, 0.29) is 5.75 Å². The Hall–Kier alpha value is -1.70. The minimum atomic E-state index is -4.80. The third-order valence-electron chi connectivity index (χ3n) is 4.38. The molecule has 0 radical (unpaired) electrons. The van der Waals surface area contributed by atoms with Gasteiger partial charge in [0.15, 0.2) is 0 Å². The van der Waals surface area contributed by atoms with Crippen molar-refractivity contribution in [3.05, 3.63) is 69.6 Å². The largest absolute Gasteiger partial charge is 0.573 e. The summed E-state index contributed by atoms with van der Waals surface area (Å²) in [6.07, 6.45) is -4.80. The molecule has 4 aromatic carbocycles. The molecule has 0 N–H and O–H groups in total. The predicted molar refractivity (Wildman–Crippen MR) is 116 cm³/mol. The molecule has 0 amide bonds. The second-order valence-corrected chi connectivity index (χ2v) is 8.49. The first-order chi connectivity index (χ1) is 13.2. The Morgan fingerprint density at radius 3 is 1.82 bits per heavy atom. The second kappa shape index (κ2) is 7.28. The highest BCUT2D eigenvalue weighted by atomic mass is 79.9. The van der Waals surface area contributed by atoms with Gasteiger partial charge in [-0.25, -0.2) is 0 Å². The first-order valence-corrected chi connectivity index (χ1v) is 10.2. The highest BCUT2D eigenvalue weighted by Gasteiger charge is 2.33. The third-order valence-corrected chi connectivity index (χ3v) is 5.74.